The predicted molar refractivity (Wildman–Crippen MR) is 90.6 cm³/mol. The van der Waals surface area contributed by atoms with Crippen LogP contribution in [0.2, 0.25) is 0 Å². The van der Waals surface area contributed by atoms with Crippen LogP contribution in [0.3, 0.4) is 0 Å². The Kier molecular flexibility index (Phi) is 6.82. The van der Waals surface area contributed by atoms with Gasteiger partial charge in [-0.05, 0) is 30.9 Å². The fraction of sp³-hybridized carbons (Fsp3) is 0.667. The molecule has 1 aliphatic rings. The minimum Gasteiger partial charge on any atom is -0.385 e. The summed E-state index contributed by atoms with van der Waals surface area (Å²) in [7, 11) is 1.73. The van der Waals surface area contributed by atoms with Gasteiger partial charge in [-0.1, -0.05) is 0 Å². The predicted octanol–water partition coefficient (Wildman–Crippen LogP) is 1.87. The smallest absolute Gasteiger partial charge is 0.194 e. The molecule has 21 heavy (non-hydrogen) atoms. The molecule has 6 heteroatoms. The second kappa shape index (κ2) is 8.89. The number of ether oxygens (including phenoxy) is 1. The molecule has 118 valence electrons. The lowest BCUT2D eigenvalue weighted by Gasteiger charge is -2.37. The maximum Gasteiger partial charge on any atom is 0.194 e. The zero-order chi connectivity index (χ0) is 14.9. The van der Waals surface area contributed by atoms with Crippen molar-refractivity contribution in [3.8, 4) is 0 Å². The van der Waals surface area contributed by atoms with Gasteiger partial charge in [-0.25, -0.2) is 0 Å². The van der Waals surface area contributed by atoms with E-state index in [-0.39, 0.29) is 0 Å². The van der Waals surface area contributed by atoms with E-state index in [0.29, 0.717) is 0 Å². The lowest BCUT2D eigenvalue weighted by Crippen LogP contribution is -2.52. The molecule has 5 nitrogen and oxygen atoms in total. The quantitative estimate of drug-likeness (QED) is 0.495. The number of nitrogens with one attached hydrogen (secondary N) is 1. The van der Waals surface area contributed by atoms with Gasteiger partial charge in [-0.15, -0.1) is 11.3 Å². The van der Waals surface area contributed by atoms with Crippen molar-refractivity contribution < 1.29 is 4.74 Å². The molecule has 1 fully saturated rings. The third-order valence-electron chi connectivity index (χ3n) is 3.50. The van der Waals surface area contributed by atoms with E-state index < -0.39 is 0 Å². The van der Waals surface area contributed by atoms with Crippen molar-refractivity contribution in [3.05, 3.63) is 17.5 Å². The van der Waals surface area contributed by atoms with Gasteiger partial charge in [0.15, 0.2) is 5.96 Å². The zero-order valence-corrected chi connectivity index (χ0v) is 13.9. The molecule has 0 spiro atoms. The van der Waals surface area contributed by atoms with Crippen LogP contribution >= 0.6 is 11.3 Å². The second-order valence-corrected chi connectivity index (χ2v) is 5.93. The monoisotopic (exact) mass is 310 g/mol. The van der Waals surface area contributed by atoms with E-state index in [1.807, 2.05) is 11.3 Å². The number of aliphatic imine (C=N–C) groups is 1. The van der Waals surface area contributed by atoms with Gasteiger partial charge in [0.1, 0.15) is 0 Å². The van der Waals surface area contributed by atoms with E-state index in [1.165, 1.54) is 5.00 Å². The molecular formula is C15H26N4OS. The number of hydrogen-bond acceptors (Lipinski definition) is 4. The Morgan fingerprint density at radius 1 is 1.38 bits per heavy atom. The first-order chi connectivity index (χ1) is 10.3. The molecule has 0 bridgehead atoms. The first-order valence-electron chi connectivity index (χ1n) is 7.65. The highest BCUT2D eigenvalue weighted by molar-refractivity contribution is 7.14. The number of nitrogens with zero attached hydrogens (tertiary/aromatic N) is 3. The number of thiophene rings is 1. The lowest BCUT2D eigenvalue weighted by molar-refractivity contribution is 0.197. The van der Waals surface area contributed by atoms with Gasteiger partial charge in [0.25, 0.3) is 0 Å². The third kappa shape index (κ3) is 4.89. The van der Waals surface area contributed by atoms with Crippen molar-refractivity contribution in [1.29, 1.82) is 0 Å². The van der Waals surface area contributed by atoms with Crippen LogP contribution in [0.15, 0.2) is 22.5 Å². The van der Waals surface area contributed by atoms with Crippen molar-refractivity contribution >= 4 is 22.3 Å². The molecule has 1 N–H and O–H groups in total. The fourth-order valence-electron chi connectivity index (χ4n) is 2.41. The van der Waals surface area contributed by atoms with Crippen LogP contribution in [0.4, 0.5) is 5.00 Å². The Morgan fingerprint density at radius 2 is 2.19 bits per heavy atom. The van der Waals surface area contributed by atoms with E-state index >= 15 is 0 Å². The summed E-state index contributed by atoms with van der Waals surface area (Å²) in [6.07, 6.45) is 0.973. The molecule has 0 amide bonds. The van der Waals surface area contributed by atoms with Crippen LogP contribution in [0.1, 0.15) is 13.3 Å². The van der Waals surface area contributed by atoms with Crippen molar-refractivity contribution in [3.63, 3.8) is 0 Å². The molecule has 0 aromatic carbocycles. The zero-order valence-electron chi connectivity index (χ0n) is 13.0. The summed E-state index contributed by atoms with van der Waals surface area (Å²) in [5.74, 6) is 1.04. The summed E-state index contributed by atoms with van der Waals surface area (Å²) in [6.45, 7) is 8.78. The highest BCUT2D eigenvalue weighted by Crippen LogP contribution is 2.22. The number of methoxy groups -OCH3 is 1. The first-order valence-corrected chi connectivity index (χ1v) is 8.53. The molecular weight excluding hydrogens is 284 g/mol. The topological polar surface area (TPSA) is 40.1 Å². The fourth-order valence-corrected chi connectivity index (χ4v) is 3.19. The van der Waals surface area contributed by atoms with Crippen molar-refractivity contribution in [2.75, 3.05) is 57.9 Å². The van der Waals surface area contributed by atoms with Gasteiger partial charge in [0.05, 0.1) is 5.00 Å². The van der Waals surface area contributed by atoms with E-state index in [1.54, 1.807) is 7.11 Å². The number of rotatable bonds is 6. The number of piperazine rings is 1. The third-order valence-corrected chi connectivity index (χ3v) is 4.43. The van der Waals surface area contributed by atoms with Crippen molar-refractivity contribution in [2.24, 2.45) is 4.99 Å². The molecule has 1 aliphatic heterocycles. The van der Waals surface area contributed by atoms with Crippen molar-refractivity contribution in [2.45, 2.75) is 13.3 Å². The van der Waals surface area contributed by atoms with Crippen LogP contribution in [0.5, 0.6) is 0 Å². The molecule has 0 atom stereocenters. The summed E-state index contributed by atoms with van der Waals surface area (Å²) < 4.78 is 5.08. The molecule has 0 aliphatic carbocycles. The molecule has 2 heterocycles. The Bertz CT molecular complexity index is 413. The van der Waals surface area contributed by atoms with E-state index in [0.717, 1.165) is 58.3 Å². The van der Waals surface area contributed by atoms with Gasteiger partial charge in [-0.3, -0.25) is 4.99 Å². The van der Waals surface area contributed by atoms with E-state index in [4.69, 9.17) is 9.73 Å². The van der Waals surface area contributed by atoms with Crippen LogP contribution in [0, 0.1) is 0 Å². The molecule has 1 aromatic heterocycles. The molecule has 0 saturated carbocycles. The lowest BCUT2D eigenvalue weighted by atomic mass is 10.3. The second-order valence-electron chi connectivity index (χ2n) is 5.01. The van der Waals surface area contributed by atoms with E-state index in [2.05, 4.69) is 39.6 Å². The Balaban J connectivity index is 1.84. The average Bonchev–Trinajstić information content (AvgIpc) is 3.05. The molecule has 1 aromatic rings. The minimum absolute atomic E-state index is 0.773. The van der Waals surface area contributed by atoms with Crippen LogP contribution in [-0.2, 0) is 4.74 Å². The molecule has 0 radical (unpaired) electrons. The maximum atomic E-state index is 5.08. The normalized spacial score (nSPS) is 16.4. The number of guanidine groups is 1. The Morgan fingerprint density at radius 3 is 2.81 bits per heavy atom. The van der Waals surface area contributed by atoms with Gasteiger partial charge < -0.3 is 19.9 Å². The van der Waals surface area contributed by atoms with E-state index in [9.17, 15) is 0 Å². The van der Waals surface area contributed by atoms with Gasteiger partial charge in [0.2, 0.25) is 0 Å². The summed E-state index contributed by atoms with van der Waals surface area (Å²) in [6, 6.07) is 4.32. The average molecular weight is 310 g/mol. The largest absolute Gasteiger partial charge is 0.385 e. The standard InChI is InChI=1S/C15H26N4OS/c1-3-16-15(17-7-5-12-20-2)19-10-8-18(9-11-19)14-6-4-13-21-14/h4,6,13H,3,5,7-12H2,1-2H3,(H,16,17). The van der Waals surface area contributed by atoms with Crippen LogP contribution in [0.25, 0.3) is 0 Å². The van der Waals surface area contributed by atoms with Crippen LogP contribution < -0.4 is 10.2 Å². The minimum atomic E-state index is 0.773. The SMILES string of the molecule is CCNC(=NCCCOC)N1CCN(c2cccs2)CC1. The summed E-state index contributed by atoms with van der Waals surface area (Å²) in [4.78, 5) is 9.51. The van der Waals surface area contributed by atoms with Gasteiger partial charge in [-0.2, -0.15) is 0 Å². The highest BCUT2D eigenvalue weighted by Gasteiger charge is 2.20. The van der Waals surface area contributed by atoms with Crippen molar-refractivity contribution in [1.82, 2.24) is 10.2 Å². The molecule has 2 rings (SSSR count). The Hall–Kier alpha value is -1.27. The summed E-state index contributed by atoms with van der Waals surface area (Å²) in [5, 5.41) is 6.91. The summed E-state index contributed by atoms with van der Waals surface area (Å²) >= 11 is 1.82. The van der Waals surface area contributed by atoms with Gasteiger partial charge in [0, 0.05) is 53.0 Å². The maximum absolute atomic E-state index is 5.08. The van der Waals surface area contributed by atoms with Gasteiger partial charge >= 0.3 is 0 Å². The number of hydrogen-bond donors (Lipinski definition) is 1. The van der Waals surface area contributed by atoms with Crippen LogP contribution in [-0.4, -0.2) is 63.8 Å². The molecule has 1 saturated heterocycles. The first kappa shape index (κ1) is 16.1. The summed E-state index contributed by atoms with van der Waals surface area (Å²) in [5.41, 5.74) is 0. The molecule has 0 unspecified atom stereocenters. The Labute approximate surface area is 131 Å². The highest BCUT2D eigenvalue weighted by atomic mass is 32.1. The number of anilines is 1.